The summed E-state index contributed by atoms with van der Waals surface area (Å²) in [5.41, 5.74) is 15.3. The zero-order valence-electron chi connectivity index (χ0n) is 19.6. The molecule has 1 aliphatic rings. The summed E-state index contributed by atoms with van der Waals surface area (Å²) < 4.78 is 6.21. The Bertz CT molecular complexity index is 1220. The van der Waals surface area contributed by atoms with Gasteiger partial charge in [0, 0.05) is 36.3 Å². The topological polar surface area (TPSA) is 141 Å². The second-order valence-corrected chi connectivity index (χ2v) is 8.83. The van der Waals surface area contributed by atoms with Crippen molar-refractivity contribution >= 4 is 23.3 Å². The number of amides is 1. The second kappa shape index (κ2) is 10.4. The van der Waals surface area contributed by atoms with Gasteiger partial charge in [-0.2, -0.15) is 0 Å². The maximum Gasteiger partial charge on any atom is 0.241 e. The lowest BCUT2D eigenvalue weighted by atomic mass is 10.1. The van der Waals surface area contributed by atoms with Crippen LogP contribution in [0.1, 0.15) is 28.7 Å². The Morgan fingerprint density at radius 2 is 1.69 bits per heavy atom. The molecule has 3 aromatic rings. The van der Waals surface area contributed by atoms with E-state index in [9.17, 15) is 4.79 Å². The fourth-order valence-electron chi connectivity index (χ4n) is 4.21. The van der Waals surface area contributed by atoms with Gasteiger partial charge in [0.1, 0.15) is 23.5 Å². The van der Waals surface area contributed by atoms with Crippen molar-refractivity contribution in [3.63, 3.8) is 0 Å². The van der Waals surface area contributed by atoms with Crippen molar-refractivity contribution in [1.82, 2.24) is 4.90 Å². The van der Waals surface area contributed by atoms with Crippen molar-refractivity contribution in [3.05, 3.63) is 95.1 Å². The summed E-state index contributed by atoms with van der Waals surface area (Å²) in [7, 11) is 0. The zero-order chi connectivity index (χ0) is 24.9. The van der Waals surface area contributed by atoms with E-state index in [2.05, 4.69) is 34.5 Å². The quantitative estimate of drug-likeness (QED) is 0.254. The van der Waals surface area contributed by atoms with Gasteiger partial charge in [-0.15, -0.1) is 0 Å². The Morgan fingerprint density at radius 3 is 2.34 bits per heavy atom. The molecule has 8 heteroatoms. The van der Waals surface area contributed by atoms with Gasteiger partial charge in [-0.25, -0.2) is 0 Å². The van der Waals surface area contributed by atoms with E-state index in [1.165, 1.54) is 5.56 Å². The number of amidine groups is 2. The van der Waals surface area contributed by atoms with E-state index in [0.717, 1.165) is 5.56 Å². The fraction of sp³-hybridized carbons (Fsp3) is 0.222. The first kappa shape index (κ1) is 24.0. The normalized spacial score (nSPS) is 17.6. The highest BCUT2D eigenvalue weighted by Gasteiger charge is 2.38. The monoisotopic (exact) mass is 470 g/mol. The first-order chi connectivity index (χ1) is 16.8. The summed E-state index contributed by atoms with van der Waals surface area (Å²) in [5.74, 6) is 0.475. The molecule has 0 spiro atoms. The van der Waals surface area contributed by atoms with Gasteiger partial charge in [-0.3, -0.25) is 20.5 Å². The van der Waals surface area contributed by atoms with Gasteiger partial charge in [-0.05, 0) is 48.9 Å². The lowest BCUT2D eigenvalue weighted by Gasteiger charge is -2.23. The zero-order valence-corrected chi connectivity index (χ0v) is 19.6. The molecule has 0 radical (unpaired) electrons. The number of aryl methyl sites for hydroxylation is 1. The molecule has 1 amide bonds. The van der Waals surface area contributed by atoms with Crippen LogP contribution in [0, 0.1) is 17.7 Å². The van der Waals surface area contributed by atoms with Gasteiger partial charge < -0.3 is 21.5 Å². The third-order valence-corrected chi connectivity index (χ3v) is 6.09. The number of carbonyl (C=O) groups excluding carboxylic acids is 1. The van der Waals surface area contributed by atoms with Crippen LogP contribution in [0.3, 0.4) is 0 Å². The minimum atomic E-state index is -0.384. The van der Waals surface area contributed by atoms with Gasteiger partial charge in [-0.1, -0.05) is 42.0 Å². The van der Waals surface area contributed by atoms with E-state index >= 15 is 0 Å². The van der Waals surface area contributed by atoms with E-state index < -0.39 is 0 Å². The number of likely N-dealkylation sites (tertiary alicyclic amines) is 1. The summed E-state index contributed by atoms with van der Waals surface area (Å²) in [4.78, 5) is 15.4. The number of carbonyl (C=O) groups is 1. The first-order valence-electron chi connectivity index (χ1n) is 11.4. The number of rotatable bonds is 8. The van der Waals surface area contributed by atoms with E-state index in [4.69, 9.17) is 27.0 Å². The van der Waals surface area contributed by atoms with Crippen LogP contribution in [0.5, 0.6) is 5.75 Å². The maximum atomic E-state index is 13.3. The minimum absolute atomic E-state index is 0.0169. The molecule has 3 aromatic carbocycles. The summed E-state index contributed by atoms with van der Waals surface area (Å²) in [5, 5.41) is 18.2. The number of anilines is 1. The Kier molecular flexibility index (Phi) is 7.12. The predicted octanol–water partition coefficient (Wildman–Crippen LogP) is 3.22. The predicted molar refractivity (Wildman–Crippen MR) is 138 cm³/mol. The highest BCUT2D eigenvalue weighted by Crippen LogP contribution is 2.27. The van der Waals surface area contributed by atoms with Crippen LogP contribution in [-0.2, 0) is 11.3 Å². The number of benzene rings is 3. The standard InChI is InChI=1S/C27H30N6O2/c1-17-5-7-18(8-6-17)15-33-16-23(35-22-4-2-3-20(13-22)26(30)31)14-24(33)27(34)32-21-11-9-19(10-12-21)25(28)29/h2-13,23-24H,14-16H2,1H3,(H3,28,29)(H3,30,31)(H,32,34). The van der Waals surface area contributed by atoms with Crippen LogP contribution in [0.25, 0.3) is 0 Å². The molecule has 1 aliphatic heterocycles. The van der Waals surface area contributed by atoms with E-state index in [-0.39, 0.29) is 29.7 Å². The van der Waals surface area contributed by atoms with Crippen molar-refractivity contribution < 1.29 is 9.53 Å². The molecule has 8 nitrogen and oxygen atoms in total. The largest absolute Gasteiger partial charge is 0.489 e. The summed E-state index contributed by atoms with van der Waals surface area (Å²) in [6.45, 7) is 3.25. The molecular formula is C27H30N6O2. The van der Waals surface area contributed by atoms with Crippen LogP contribution in [0.15, 0.2) is 72.8 Å². The molecule has 4 rings (SSSR count). The van der Waals surface area contributed by atoms with Gasteiger partial charge in [0.05, 0.1) is 6.04 Å². The fourth-order valence-corrected chi connectivity index (χ4v) is 4.21. The molecule has 7 N–H and O–H groups in total. The molecular weight excluding hydrogens is 440 g/mol. The van der Waals surface area contributed by atoms with E-state index in [0.29, 0.717) is 42.1 Å². The molecule has 0 aromatic heterocycles. The third kappa shape index (κ3) is 6.04. The molecule has 2 unspecified atom stereocenters. The first-order valence-corrected chi connectivity index (χ1v) is 11.4. The molecule has 1 fully saturated rings. The van der Waals surface area contributed by atoms with E-state index in [1.54, 1.807) is 42.5 Å². The number of nitrogens with zero attached hydrogens (tertiary/aromatic N) is 1. The van der Waals surface area contributed by atoms with Crippen molar-refractivity contribution in [3.8, 4) is 5.75 Å². The Morgan fingerprint density at radius 1 is 1.00 bits per heavy atom. The average molecular weight is 471 g/mol. The SMILES string of the molecule is Cc1ccc(CN2CC(Oc3cccc(C(=N)N)c3)CC2C(=O)Nc2ccc(C(=N)N)cc2)cc1. The Balaban J connectivity index is 1.51. The molecule has 0 bridgehead atoms. The van der Waals surface area contributed by atoms with Gasteiger partial charge in [0.2, 0.25) is 5.91 Å². The number of nitrogen functional groups attached to an aromatic ring is 2. The van der Waals surface area contributed by atoms with Crippen molar-refractivity contribution in [2.75, 3.05) is 11.9 Å². The van der Waals surface area contributed by atoms with Gasteiger partial charge in [0.15, 0.2) is 0 Å². The number of ether oxygens (including phenoxy) is 1. The smallest absolute Gasteiger partial charge is 0.241 e. The van der Waals surface area contributed by atoms with Crippen LogP contribution in [0.2, 0.25) is 0 Å². The van der Waals surface area contributed by atoms with Crippen molar-refractivity contribution in [1.29, 1.82) is 10.8 Å². The number of hydrogen-bond acceptors (Lipinski definition) is 5. The molecule has 180 valence electrons. The van der Waals surface area contributed by atoms with Crippen LogP contribution in [-0.4, -0.2) is 41.2 Å². The molecule has 1 heterocycles. The molecule has 0 saturated carbocycles. The maximum absolute atomic E-state index is 13.3. The van der Waals surface area contributed by atoms with Crippen LogP contribution < -0.4 is 21.5 Å². The summed E-state index contributed by atoms with van der Waals surface area (Å²) in [6.07, 6.45) is 0.326. The summed E-state index contributed by atoms with van der Waals surface area (Å²) >= 11 is 0. The summed E-state index contributed by atoms with van der Waals surface area (Å²) in [6, 6.07) is 22.0. The Labute approximate surface area is 204 Å². The van der Waals surface area contributed by atoms with Gasteiger partial charge in [0.25, 0.3) is 0 Å². The highest BCUT2D eigenvalue weighted by molar-refractivity contribution is 5.97. The molecule has 2 atom stereocenters. The lowest BCUT2D eigenvalue weighted by molar-refractivity contribution is -0.120. The van der Waals surface area contributed by atoms with Crippen LogP contribution >= 0.6 is 0 Å². The van der Waals surface area contributed by atoms with Crippen molar-refractivity contribution in [2.24, 2.45) is 11.5 Å². The average Bonchev–Trinajstić information content (AvgIpc) is 3.23. The Hall–Kier alpha value is -4.17. The van der Waals surface area contributed by atoms with E-state index in [1.807, 2.05) is 13.0 Å². The molecule has 0 aliphatic carbocycles. The second-order valence-electron chi connectivity index (χ2n) is 8.83. The molecule has 35 heavy (non-hydrogen) atoms. The number of hydrogen-bond donors (Lipinski definition) is 5. The third-order valence-electron chi connectivity index (χ3n) is 6.09. The highest BCUT2D eigenvalue weighted by atomic mass is 16.5. The molecule has 1 saturated heterocycles. The van der Waals surface area contributed by atoms with Crippen molar-refractivity contribution in [2.45, 2.75) is 32.0 Å². The lowest BCUT2D eigenvalue weighted by Crippen LogP contribution is -2.39. The van der Waals surface area contributed by atoms with Gasteiger partial charge >= 0.3 is 0 Å². The minimum Gasteiger partial charge on any atom is -0.489 e. The van der Waals surface area contributed by atoms with Crippen LogP contribution in [0.4, 0.5) is 5.69 Å². The number of nitrogens with one attached hydrogen (secondary N) is 3. The number of nitrogens with two attached hydrogens (primary N) is 2.